The number of nitrogens with one attached hydrogen (secondary N) is 6. The van der Waals surface area contributed by atoms with Gasteiger partial charge in [-0.15, -0.1) is 0 Å². The number of halogens is 4. The van der Waals surface area contributed by atoms with Crippen molar-refractivity contribution >= 4 is 143 Å². The van der Waals surface area contributed by atoms with Crippen LogP contribution in [-0.4, -0.2) is 157 Å². The molecule has 6 aromatic carbocycles. The van der Waals surface area contributed by atoms with E-state index in [1.807, 2.05) is 83.6 Å². The summed E-state index contributed by atoms with van der Waals surface area (Å²) in [5, 5.41) is 19.3. The number of hydrogen-bond donors (Lipinski definition) is 7. The van der Waals surface area contributed by atoms with Gasteiger partial charge in [-0.1, -0.05) is 70.7 Å². The SMILES string of the molecule is CN1CCN(c2ccc(C(=O)Nc3ccc(Cl)c(-c4ccccn4)c3)cc2)C(=O)C1.CS(=O)(=O)c1ccc(C(=O)Nc2ccc(Cl)c(-c3ccccn3)c2)c(N)c1.O=C(Nc1ccc(Cl)c(-c2ccccn2)c1)c1ccc(N2CCNCC2=O)nc1.O=C1CN(c2ccc(C(=O)Nc3ccc(Cl)c(-c4ccccn4)c3)cn2)CCN1. The molecule has 8 N–H and O–H groups in total. The molecule has 7 amide bonds. The molecule has 582 valence electrons. The predicted octanol–water partition coefficient (Wildman–Crippen LogP) is 13.5. The van der Waals surface area contributed by atoms with Crippen LogP contribution in [0.3, 0.4) is 0 Å². The van der Waals surface area contributed by atoms with Crippen molar-refractivity contribution in [3.05, 3.63) is 292 Å². The van der Waals surface area contributed by atoms with Gasteiger partial charge in [-0.25, -0.2) is 18.4 Å². The average Bonchev–Trinajstić information content (AvgIpc) is 0.825. The molecule has 3 aliphatic heterocycles. The molecule has 3 saturated heterocycles. The van der Waals surface area contributed by atoms with Gasteiger partial charge in [0.1, 0.15) is 11.6 Å². The summed E-state index contributed by atoms with van der Waals surface area (Å²) >= 11 is 25.1. The molecule has 0 saturated carbocycles. The highest BCUT2D eigenvalue weighted by Crippen LogP contribution is 2.35. The molecule has 115 heavy (non-hydrogen) atoms. The van der Waals surface area contributed by atoms with Crippen molar-refractivity contribution in [3.63, 3.8) is 0 Å². The Labute approximate surface area is 682 Å². The van der Waals surface area contributed by atoms with E-state index in [1.54, 1.807) is 162 Å². The van der Waals surface area contributed by atoms with E-state index in [0.29, 0.717) is 128 Å². The van der Waals surface area contributed by atoms with Crippen LogP contribution in [0.2, 0.25) is 20.1 Å². The number of likely N-dealkylation sites (N-methyl/N-ethyl adjacent to an activating group) is 1. The van der Waals surface area contributed by atoms with E-state index in [2.05, 4.69) is 61.8 Å². The number of carbonyl (C=O) groups excluding carboxylic acids is 7. The smallest absolute Gasteiger partial charge is 0.257 e. The number of benzene rings is 6. The third-order valence-electron chi connectivity index (χ3n) is 18.0. The van der Waals surface area contributed by atoms with Crippen LogP contribution >= 0.6 is 46.4 Å². The van der Waals surface area contributed by atoms with Crippen LogP contribution in [0.1, 0.15) is 41.4 Å². The standard InChI is InChI=1S/C23H21ClN4O2.2C21H18ClN5O2.C19H16ClN3O3S/c1-27-12-13-28(22(29)15-27)18-8-5-16(6-9-18)23(30)26-17-7-10-20(24)19(14-17)21-4-2-3-11-25-21;22-17-6-5-15(11-16(17)18-3-1-2-8-24-18)26-21(29)14-4-7-19(25-12-14)27-10-9-23-13-20(27)28;22-17-6-5-15(11-16(17)18-3-1-2-8-23-18)26-21(29)14-4-7-19(25-12-14)27-10-9-24-20(28)13-27;1-27(25,26)13-6-7-14(17(21)11-13)19(24)23-12-5-8-16(20)15(10-12)18-4-2-3-9-22-18/h2-11,14H,12-13,15H2,1H3,(H,26,30);1-8,11-12,23H,9-10,13H2,(H,26,29);1-8,11-12H,9-10,13H2,(H,24,28)(H,26,29);2-11H,21H2,1H3,(H,23,24). The second-order valence-electron chi connectivity index (χ2n) is 26.1. The molecule has 0 aliphatic carbocycles. The van der Waals surface area contributed by atoms with Gasteiger partial charge in [0.2, 0.25) is 17.7 Å². The molecule has 26 nitrogen and oxygen atoms in total. The molecule has 6 aromatic heterocycles. The summed E-state index contributed by atoms with van der Waals surface area (Å²) in [5.74, 6) is -0.0842. The Morgan fingerprint density at radius 3 is 1.26 bits per heavy atom. The van der Waals surface area contributed by atoms with Crippen LogP contribution in [0.5, 0.6) is 0 Å². The first-order chi connectivity index (χ1) is 55.5. The fourth-order valence-corrected chi connectivity index (χ4v) is 13.5. The van der Waals surface area contributed by atoms with E-state index in [0.717, 1.165) is 52.3 Å². The third-order valence-corrected chi connectivity index (χ3v) is 20.4. The summed E-state index contributed by atoms with van der Waals surface area (Å²) in [6, 6.07) is 60.8. The molecule has 31 heteroatoms. The van der Waals surface area contributed by atoms with Crippen LogP contribution < -0.4 is 52.3 Å². The van der Waals surface area contributed by atoms with Crippen molar-refractivity contribution in [1.82, 2.24) is 45.4 Å². The van der Waals surface area contributed by atoms with Crippen LogP contribution in [0, 0.1) is 0 Å². The van der Waals surface area contributed by atoms with Gasteiger partial charge >= 0.3 is 0 Å². The van der Waals surface area contributed by atoms with Gasteiger partial charge in [0.25, 0.3) is 23.6 Å². The predicted molar refractivity (Wildman–Crippen MR) is 450 cm³/mol. The van der Waals surface area contributed by atoms with Gasteiger partial charge in [-0.05, 0) is 195 Å². The number of piperazine rings is 3. The number of nitrogen functional groups attached to an aromatic ring is 1. The number of aromatic nitrogens is 6. The number of nitrogens with two attached hydrogens (primary N) is 1. The summed E-state index contributed by atoms with van der Waals surface area (Å²) < 4.78 is 23.2. The first-order valence-electron chi connectivity index (χ1n) is 35.7. The molecule has 0 radical (unpaired) electrons. The minimum atomic E-state index is -3.40. The number of amides is 7. The molecule has 0 bridgehead atoms. The number of pyridine rings is 6. The minimum Gasteiger partial charge on any atom is -0.398 e. The second-order valence-corrected chi connectivity index (χ2v) is 29.8. The Hall–Kier alpha value is -12.9. The molecule has 0 atom stereocenters. The summed E-state index contributed by atoms with van der Waals surface area (Å²) in [4.78, 5) is 119. The first kappa shape index (κ1) is 81.6. The number of carbonyl (C=O) groups is 7. The lowest BCUT2D eigenvalue weighted by atomic mass is 10.1. The van der Waals surface area contributed by atoms with Gasteiger partial charge < -0.3 is 47.4 Å². The maximum Gasteiger partial charge on any atom is 0.257 e. The topological polar surface area (TPSA) is 342 Å². The Morgan fingerprint density at radius 2 is 0.870 bits per heavy atom. The molecular formula is C84H73Cl4N17O9S. The zero-order chi connectivity index (χ0) is 81.1. The largest absolute Gasteiger partial charge is 0.398 e. The fourth-order valence-electron chi connectivity index (χ4n) is 12.0. The zero-order valence-electron chi connectivity index (χ0n) is 61.7. The van der Waals surface area contributed by atoms with Crippen molar-refractivity contribution in [2.45, 2.75) is 4.90 Å². The van der Waals surface area contributed by atoms with E-state index in [9.17, 15) is 42.0 Å². The Balaban J connectivity index is 0.000000142. The monoisotopic (exact) mass is 1640 g/mol. The van der Waals surface area contributed by atoms with Crippen LogP contribution in [-0.2, 0) is 24.2 Å². The normalized spacial score (nSPS) is 13.4. The fraction of sp³-hybridized carbons (Fsp3) is 0.131. The van der Waals surface area contributed by atoms with E-state index >= 15 is 0 Å². The molecule has 9 heterocycles. The van der Waals surface area contributed by atoms with E-state index < -0.39 is 15.7 Å². The lowest BCUT2D eigenvalue weighted by Gasteiger charge is -2.32. The summed E-state index contributed by atoms with van der Waals surface area (Å²) in [6.07, 6.45) is 10.8. The lowest BCUT2D eigenvalue weighted by molar-refractivity contribution is -0.121. The molecule has 3 aliphatic rings. The maximum absolute atomic E-state index is 12.7. The number of nitrogens with zero attached hydrogens (tertiary/aromatic N) is 10. The Morgan fingerprint density at radius 1 is 0.435 bits per heavy atom. The Kier molecular flexibility index (Phi) is 27.0. The molecule has 12 aromatic rings. The van der Waals surface area contributed by atoms with Gasteiger partial charge in [0.05, 0.1) is 84.1 Å². The zero-order valence-corrected chi connectivity index (χ0v) is 65.5. The molecule has 0 unspecified atom stereocenters. The van der Waals surface area contributed by atoms with Crippen molar-refractivity contribution in [2.24, 2.45) is 0 Å². The van der Waals surface area contributed by atoms with Gasteiger partial charge in [-0.2, -0.15) is 0 Å². The average molecular weight is 1640 g/mol. The number of hydrogen-bond acceptors (Lipinski definition) is 19. The van der Waals surface area contributed by atoms with Crippen molar-refractivity contribution in [2.75, 3.05) is 114 Å². The van der Waals surface area contributed by atoms with Crippen LogP contribution in [0.4, 0.5) is 45.8 Å². The van der Waals surface area contributed by atoms with E-state index in [-0.39, 0.29) is 58.1 Å². The van der Waals surface area contributed by atoms with Crippen molar-refractivity contribution < 1.29 is 42.0 Å². The summed E-state index contributed by atoms with van der Waals surface area (Å²) in [5.41, 5.74) is 16.3. The van der Waals surface area contributed by atoms with E-state index in [1.165, 1.54) is 30.6 Å². The minimum absolute atomic E-state index is 0.0358. The van der Waals surface area contributed by atoms with Crippen molar-refractivity contribution in [3.8, 4) is 45.0 Å². The molecule has 15 rings (SSSR count). The highest BCUT2D eigenvalue weighted by Gasteiger charge is 2.26. The quantitative estimate of drug-likeness (QED) is 0.0442. The molecular weight excluding hydrogens is 1560 g/mol. The Bertz CT molecular complexity index is 5660. The summed E-state index contributed by atoms with van der Waals surface area (Å²) in [6.45, 7) is 4.95. The lowest BCUT2D eigenvalue weighted by Crippen LogP contribution is -2.48. The van der Waals surface area contributed by atoms with Crippen molar-refractivity contribution in [1.29, 1.82) is 0 Å². The maximum atomic E-state index is 12.7. The van der Waals surface area contributed by atoms with Gasteiger partial charge in [0, 0.05) is 145 Å². The van der Waals surface area contributed by atoms with Crippen LogP contribution in [0.15, 0.2) is 254 Å². The van der Waals surface area contributed by atoms with E-state index in [4.69, 9.17) is 52.1 Å². The molecule has 3 fully saturated rings. The first-order valence-corrected chi connectivity index (χ1v) is 39.1. The highest BCUT2D eigenvalue weighted by molar-refractivity contribution is 7.90. The second kappa shape index (κ2) is 38.1. The molecule has 0 spiro atoms. The summed E-state index contributed by atoms with van der Waals surface area (Å²) in [7, 11) is -1.47. The third kappa shape index (κ3) is 21.7. The van der Waals surface area contributed by atoms with Gasteiger partial charge in [0.15, 0.2) is 9.84 Å². The highest BCUT2D eigenvalue weighted by atomic mass is 35.5. The number of anilines is 8. The van der Waals surface area contributed by atoms with Gasteiger partial charge in [-0.3, -0.25) is 63.3 Å². The number of sulfone groups is 1. The van der Waals surface area contributed by atoms with Crippen LogP contribution in [0.25, 0.3) is 45.0 Å². The number of rotatable bonds is 16.